The van der Waals surface area contributed by atoms with Crippen molar-refractivity contribution in [3.8, 4) is 5.69 Å². The Balaban J connectivity index is 2.27. The van der Waals surface area contributed by atoms with Crippen LogP contribution < -0.4 is 5.32 Å². The second-order valence-corrected chi connectivity index (χ2v) is 4.47. The molecule has 1 aromatic carbocycles. The van der Waals surface area contributed by atoms with Gasteiger partial charge in [-0.2, -0.15) is 0 Å². The monoisotopic (exact) mass is 257 g/mol. The summed E-state index contributed by atoms with van der Waals surface area (Å²) in [5.41, 5.74) is 3.51. The molecule has 0 atom stereocenters. The molecule has 1 heterocycles. The van der Waals surface area contributed by atoms with Crippen molar-refractivity contribution in [2.75, 3.05) is 5.32 Å². The molecule has 2 aromatic rings. The first-order valence-electron chi connectivity index (χ1n) is 5.86. The summed E-state index contributed by atoms with van der Waals surface area (Å²) in [5.74, 6) is -0.147. The molecule has 0 saturated heterocycles. The minimum atomic E-state index is -0.147. The maximum Gasteiger partial charge on any atom is 0.248 e. The Hall–Kier alpha value is -2.50. The number of amides is 1. The van der Waals surface area contributed by atoms with Gasteiger partial charge in [0.1, 0.15) is 6.33 Å². The minimum absolute atomic E-state index is 0.147. The summed E-state index contributed by atoms with van der Waals surface area (Å²) in [5, 5.41) is 13.9. The number of hydrogen-bond acceptors (Lipinski definition) is 4. The fourth-order valence-corrected chi connectivity index (χ4v) is 1.65. The van der Waals surface area contributed by atoms with Gasteiger partial charge in [-0.25, -0.2) is 4.68 Å². The average Bonchev–Trinajstić information content (AvgIpc) is 2.84. The van der Waals surface area contributed by atoms with Gasteiger partial charge in [0, 0.05) is 11.8 Å². The van der Waals surface area contributed by atoms with Gasteiger partial charge in [-0.15, -0.1) is 5.10 Å². The highest BCUT2D eigenvalue weighted by molar-refractivity contribution is 5.99. The van der Waals surface area contributed by atoms with Crippen LogP contribution in [0.1, 0.15) is 19.4 Å². The zero-order chi connectivity index (χ0) is 13.8. The highest BCUT2D eigenvalue weighted by Crippen LogP contribution is 2.18. The van der Waals surface area contributed by atoms with Crippen LogP contribution in [0.2, 0.25) is 0 Å². The number of rotatable bonds is 3. The van der Waals surface area contributed by atoms with Crippen molar-refractivity contribution >= 4 is 11.6 Å². The molecule has 2 rings (SSSR count). The zero-order valence-electron chi connectivity index (χ0n) is 11.1. The number of nitrogens with zero attached hydrogens (tertiary/aromatic N) is 4. The molecule has 0 bridgehead atoms. The molecule has 6 heteroatoms. The van der Waals surface area contributed by atoms with Crippen LogP contribution in [-0.2, 0) is 4.79 Å². The molecule has 6 nitrogen and oxygen atoms in total. The Bertz CT molecular complexity index is 612. The van der Waals surface area contributed by atoms with Crippen molar-refractivity contribution in [2.24, 2.45) is 0 Å². The molecule has 0 radical (unpaired) electrons. The SMILES string of the molecule is CC(C)=CC(=O)Nc1ccc(C)c(-n2cnnn2)c1. The number of allylic oxidation sites excluding steroid dienone is 1. The number of nitrogens with one attached hydrogen (secondary N) is 1. The molecule has 0 spiro atoms. The van der Waals surface area contributed by atoms with Gasteiger partial charge in [0.25, 0.3) is 0 Å². The van der Waals surface area contributed by atoms with Crippen molar-refractivity contribution in [3.63, 3.8) is 0 Å². The van der Waals surface area contributed by atoms with E-state index < -0.39 is 0 Å². The predicted octanol–water partition coefficient (Wildman–Crippen LogP) is 1.88. The van der Waals surface area contributed by atoms with Gasteiger partial charge in [-0.05, 0) is 48.9 Å². The summed E-state index contributed by atoms with van der Waals surface area (Å²) >= 11 is 0. The van der Waals surface area contributed by atoms with Gasteiger partial charge in [-0.3, -0.25) is 4.79 Å². The van der Waals surface area contributed by atoms with Gasteiger partial charge in [0.2, 0.25) is 5.91 Å². The summed E-state index contributed by atoms with van der Waals surface area (Å²) in [7, 11) is 0. The Labute approximate surface area is 111 Å². The van der Waals surface area contributed by atoms with Crippen LogP contribution in [0.25, 0.3) is 5.69 Å². The number of carbonyl (C=O) groups excluding carboxylic acids is 1. The maximum absolute atomic E-state index is 11.7. The van der Waals surface area contributed by atoms with Gasteiger partial charge in [-0.1, -0.05) is 11.6 Å². The molecule has 0 unspecified atom stereocenters. The Morgan fingerprint density at radius 2 is 2.16 bits per heavy atom. The number of aryl methyl sites for hydroxylation is 1. The van der Waals surface area contributed by atoms with E-state index in [4.69, 9.17) is 0 Å². The molecule has 0 saturated carbocycles. The Kier molecular flexibility index (Phi) is 3.70. The molecule has 19 heavy (non-hydrogen) atoms. The van der Waals surface area contributed by atoms with Crippen molar-refractivity contribution in [3.05, 3.63) is 41.7 Å². The lowest BCUT2D eigenvalue weighted by molar-refractivity contribution is -0.111. The molecule has 1 aromatic heterocycles. The molecule has 1 amide bonds. The molecule has 0 fully saturated rings. The van der Waals surface area contributed by atoms with Crippen molar-refractivity contribution in [1.29, 1.82) is 0 Å². The Morgan fingerprint density at radius 3 is 2.79 bits per heavy atom. The lowest BCUT2D eigenvalue weighted by Crippen LogP contribution is -2.09. The molecule has 0 aliphatic rings. The van der Waals surface area contributed by atoms with Crippen LogP contribution in [0.3, 0.4) is 0 Å². The number of anilines is 1. The van der Waals surface area contributed by atoms with E-state index in [-0.39, 0.29) is 5.91 Å². The summed E-state index contributed by atoms with van der Waals surface area (Å²) in [6, 6.07) is 5.59. The summed E-state index contributed by atoms with van der Waals surface area (Å²) in [6.45, 7) is 5.71. The summed E-state index contributed by atoms with van der Waals surface area (Å²) < 4.78 is 1.56. The van der Waals surface area contributed by atoms with Crippen molar-refractivity contribution < 1.29 is 4.79 Å². The summed E-state index contributed by atoms with van der Waals surface area (Å²) in [4.78, 5) is 11.7. The van der Waals surface area contributed by atoms with Crippen LogP contribution in [0.5, 0.6) is 0 Å². The second kappa shape index (κ2) is 5.43. The van der Waals surface area contributed by atoms with Gasteiger partial charge in [0.15, 0.2) is 0 Å². The maximum atomic E-state index is 11.7. The Morgan fingerprint density at radius 1 is 1.37 bits per heavy atom. The number of carbonyl (C=O) groups is 1. The van der Waals surface area contributed by atoms with Crippen LogP contribution in [0, 0.1) is 6.92 Å². The van der Waals surface area contributed by atoms with Gasteiger partial charge < -0.3 is 5.32 Å². The van der Waals surface area contributed by atoms with Crippen LogP contribution in [-0.4, -0.2) is 26.1 Å². The van der Waals surface area contributed by atoms with Crippen LogP contribution >= 0.6 is 0 Å². The molecular weight excluding hydrogens is 242 g/mol. The van der Waals surface area contributed by atoms with Crippen LogP contribution in [0.15, 0.2) is 36.2 Å². The molecule has 1 N–H and O–H groups in total. The van der Waals surface area contributed by atoms with Crippen molar-refractivity contribution in [2.45, 2.75) is 20.8 Å². The summed E-state index contributed by atoms with van der Waals surface area (Å²) in [6.07, 6.45) is 3.07. The lowest BCUT2D eigenvalue weighted by atomic mass is 10.2. The molecular formula is C13H15N5O. The topological polar surface area (TPSA) is 72.7 Å². The largest absolute Gasteiger partial charge is 0.322 e. The van der Waals surface area contributed by atoms with E-state index in [0.717, 1.165) is 16.8 Å². The standard InChI is InChI=1S/C13H15N5O/c1-9(2)6-13(19)15-11-5-4-10(3)12(7-11)18-8-14-16-17-18/h4-8H,1-3H3,(H,15,19). The van der Waals surface area contributed by atoms with E-state index >= 15 is 0 Å². The highest BCUT2D eigenvalue weighted by atomic mass is 16.1. The third-order valence-corrected chi connectivity index (χ3v) is 2.49. The molecule has 0 aliphatic heterocycles. The van der Waals surface area contributed by atoms with Crippen molar-refractivity contribution in [1.82, 2.24) is 20.2 Å². The van der Waals surface area contributed by atoms with E-state index in [0.29, 0.717) is 5.69 Å². The number of aromatic nitrogens is 4. The first-order chi connectivity index (χ1) is 9.06. The fraction of sp³-hybridized carbons (Fsp3) is 0.231. The quantitative estimate of drug-likeness (QED) is 0.852. The highest BCUT2D eigenvalue weighted by Gasteiger charge is 2.05. The predicted molar refractivity (Wildman–Crippen MR) is 72.0 cm³/mol. The van der Waals surface area contributed by atoms with E-state index in [1.165, 1.54) is 6.33 Å². The molecule has 98 valence electrons. The number of hydrogen-bond donors (Lipinski definition) is 1. The van der Waals surface area contributed by atoms with E-state index in [1.54, 1.807) is 10.8 Å². The second-order valence-electron chi connectivity index (χ2n) is 4.47. The van der Waals surface area contributed by atoms with E-state index in [1.807, 2.05) is 39.0 Å². The molecule has 0 aliphatic carbocycles. The lowest BCUT2D eigenvalue weighted by Gasteiger charge is -2.08. The fourth-order valence-electron chi connectivity index (χ4n) is 1.65. The first-order valence-corrected chi connectivity index (χ1v) is 5.86. The zero-order valence-corrected chi connectivity index (χ0v) is 11.1. The van der Waals surface area contributed by atoms with Gasteiger partial charge >= 0.3 is 0 Å². The number of benzene rings is 1. The van der Waals surface area contributed by atoms with E-state index in [9.17, 15) is 4.79 Å². The smallest absolute Gasteiger partial charge is 0.248 e. The average molecular weight is 257 g/mol. The first kappa shape index (κ1) is 12.9. The van der Waals surface area contributed by atoms with Gasteiger partial charge in [0.05, 0.1) is 5.69 Å². The minimum Gasteiger partial charge on any atom is -0.322 e. The number of tetrazole rings is 1. The van der Waals surface area contributed by atoms with Crippen LogP contribution in [0.4, 0.5) is 5.69 Å². The normalized spacial score (nSPS) is 10.1. The third-order valence-electron chi connectivity index (χ3n) is 2.49. The van der Waals surface area contributed by atoms with E-state index in [2.05, 4.69) is 20.8 Å². The third kappa shape index (κ3) is 3.25.